The lowest BCUT2D eigenvalue weighted by molar-refractivity contribution is 0.100. The van der Waals surface area contributed by atoms with Crippen LogP contribution in [0.3, 0.4) is 0 Å². The second kappa shape index (κ2) is 6.59. The van der Waals surface area contributed by atoms with Gasteiger partial charge in [0.05, 0.1) is 11.3 Å². The van der Waals surface area contributed by atoms with E-state index in [-0.39, 0.29) is 11.6 Å². The number of ketones is 2. The molecule has 0 unspecified atom stereocenters. The smallest absolute Gasteiger partial charge is 0.162 e. The molecule has 1 aromatic heterocycles. The highest BCUT2D eigenvalue weighted by atomic mass is 16.1. The second-order valence-electron chi connectivity index (χ2n) is 5.64. The van der Waals surface area contributed by atoms with Crippen molar-refractivity contribution in [3.05, 3.63) is 78.0 Å². The first kappa shape index (κ1) is 15.8. The average molecular weight is 315 g/mol. The third kappa shape index (κ3) is 3.01. The molecule has 0 saturated carbocycles. The van der Waals surface area contributed by atoms with Crippen molar-refractivity contribution in [3.63, 3.8) is 0 Å². The van der Waals surface area contributed by atoms with Crippen molar-refractivity contribution >= 4 is 11.6 Å². The normalized spacial score (nSPS) is 10.4. The lowest BCUT2D eigenvalue weighted by Gasteiger charge is -2.12. The van der Waals surface area contributed by atoms with E-state index in [1.54, 1.807) is 25.3 Å². The summed E-state index contributed by atoms with van der Waals surface area (Å²) in [5, 5.41) is 0. The lowest BCUT2D eigenvalue weighted by Crippen LogP contribution is -2.02. The summed E-state index contributed by atoms with van der Waals surface area (Å²) in [6.07, 6.45) is 1.71. The number of benzene rings is 2. The molecule has 3 heteroatoms. The maximum Gasteiger partial charge on any atom is 0.162 e. The Morgan fingerprint density at radius 2 is 1.42 bits per heavy atom. The SMILES string of the molecule is CC(=O)c1ccc(-c2ccnc(-c3ccccc3)c2C(C)=O)cc1. The fourth-order valence-electron chi connectivity index (χ4n) is 2.76. The largest absolute Gasteiger partial charge is 0.295 e. The molecule has 0 radical (unpaired) electrons. The van der Waals surface area contributed by atoms with Crippen LogP contribution in [0.25, 0.3) is 22.4 Å². The molecule has 0 aliphatic carbocycles. The van der Waals surface area contributed by atoms with Gasteiger partial charge in [-0.15, -0.1) is 0 Å². The highest BCUT2D eigenvalue weighted by molar-refractivity contribution is 6.06. The van der Waals surface area contributed by atoms with Gasteiger partial charge in [-0.1, -0.05) is 54.6 Å². The highest BCUT2D eigenvalue weighted by Gasteiger charge is 2.16. The Balaban J connectivity index is 2.18. The molecule has 0 N–H and O–H groups in total. The lowest BCUT2D eigenvalue weighted by atomic mass is 9.93. The summed E-state index contributed by atoms with van der Waals surface area (Å²) in [5.74, 6) is -0.0133. The predicted octanol–water partition coefficient (Wildman–Crippen LogP) is 4.82. The van der Waals surface area contributed by atoms with Gasteiger partial charge in [0.15, 0.2) is 11.6 Å². The van der Waals surface area contributed by atoms with Crippen LogP contribution in [0.1, 0.15) is 34.6 Å². The van der Waals surface area contributed by atoms with Gasteiger partial charge in [-0.3, -0.25) is 14.6 Å². The minimum Gasteiger partial charge on any atom is -0.295 e. The summed E-state index contributed by atoms with van der Waals surface area (Å²) in [4.78, 5) is 28.2. The fraction of sp³-hybridized carbons (Fsp3) is 0.0952. The number of aromatic nitrogens is 1. The van der Waals surface area contributed by atoms with Crippen LogP contribution in [-0.4, -0.2) is 16.6 Å². The standard InChI is InChI=1S/C21H17NO2/c1-14(23)16-8-10-17(11-9-16)19-12-13-22-21(20(19)15(2)24)18-6-4-3-5-7-18/h3-13H,1-2H3. The molecule has 24 heavy (non-hydrogen) atoms. The Kier molecular flexibility index (Phi) is 4.34. The van der Waals surface area contributed by atoms with Crippen molar-refractivity contribution in [2.45, 2.75) is 13.8 Å². The fourth-order valence-corrected chi connectivity index (χ4v) is 2.76. The summed E-state index contributed by atoms with van der Waals surface area (Å²) in [6.45, 7) is 3.09. The molecule has 3 nitrogen and oxygen atoms in total. The quantitative estimate of drug-likeness (QED) is 0.648. The first-order chi connectivity index (χ1) is 11.6. The number of pyridine rings is 1. The number of rotatable bonds is 4. The van der Waals surface area contributed by atoms with Crippen molar-refractivity contribution in [2.75, 3.05) is 0 Å². The third-order valence-electron chi connectivity index (χ3n) is 3.95. The van der Waals surface area contributed by atoms with E-state index in [0.717, 1.165) is 16.7 Å². The maximum absolute atomic E-state index is 12.3. The Morgan fingerprint density at radius 3 is 2.00 bits per heavy atom. The zero-order chi connectivity index (χ0) is 17.1. The molecule has 0 bridgehead atoms. The molecule has 3 rings (SSSR count). The minimum atomic E-state index is -0.0346. The zero-order valence-corrected chi connectivity index (χ0v) is 13.6. The Bertz CT molecular complexity index is 897. The van der Waals surface area contributed by atoms with Crippen LogP contribution >= 0.6 is 0 Å². The summed E-state index contributed by atoms with van der Waals surface area (Å²) >= 11 is 0. The van der Waals surface area contributed by atoms with E-state index in [2.05, 4.69) is 4.98 Å². The van der Waals surface area contributed by atoms with Crippen molar-refractivity contribution in [3.8, 4) is 22.4 Å². The molecule has 1 heterocycles. The van der Waals surface area contributed by atoms with E-state index < -0.39 is 0 Å². The third-order valence-corrected chi connectivity index (χ3v) is 3.95. The van der Waals surface area contributed by atoms with Gasteiger partial charge in [0.1, 0.15) is 0 Å². The van der Waals surface area contributed by atoms with Crippen molar-refractivity contribution in [2.24, 2.45) is 0 Å². The van der Waals surface area contributed by atoms with Gasteiger partial charge in [-0.2, -0.15) is 0 Å². The van der Waals surface area contributed by atoms with Crippen LogP contribution in [0.15, 0.2) is 66.9 Å². The van der Waals surface area contributed by atoms with Crippen LogP contribution in [0, 0.1) is 0 Å². The van der Waals surface area contributed by atoms with E-state index in [0.29, 0.717) is 16.8 Å². The first-order valence-electron chi connectivity index (χ1n) is 7.74. The van der Waals surface area contributed by atoms with Gasteiger partial charge in [0.25, 0.3) is 0 Å². The Morgan fingerprint density at radius 1 is 0.750 bits per heavy atom. The van der Waals surface area contributed by atoms with Gasteiger partial charge in [-0.05, 0) is 31.0 Å². The number of Topliss-reactive ketones (excluding diaryl/α,β-unsaturated/α-hetero) is 2. The monoisotopic (exact) mass is 315 g/mol. The van der Waals surface area contributed by atoms with Crippen molar-refractivity contribution < 1.29 is 9.59 Å². The molecule has 0 amide bonds. The topological polar surface area (TPSA) is 47.0 Å². The summed E-state index contributed by atoms with van der Waals surface area (Å²) in [6, 6.07) is 18.8. The van der Waals surface area contributed by atoms with Crippen molar-refractivity contribution in [1.82, 2.24) is 4.98 Å². The molecule has 0 atom stereocenters. The maximum atomic E-state index is 12.3. The van der Waals surface area contributed by atoms with Gasteiger partial charge in [0, 0.05) is 17.3 Å². The molecule has 2 aromatic carbocycles. The number of carbonyl (C=O) groups excluding carboxylic acids is 2. The van der Waals surface area contributed by atoms with Crippen LogP contribution in [0.5, 0.6) is 0 Å². The molecule has 0 aliphatic rings. The average Bonchev–Trinajstić information content (AvgIpc) is 2.61. The van der Waals surface area contributed by atoms with E-state index in [1.807, 2.05) is 48.5 Å². The van der Waals surface area contributed by atoms with E-state index in [9.17, 15) is 9.59 Å². The minimum absolute atomic E-state index is 0.0213. The number of nitrogens with zero attached hydrogens (tertiary/aromatic N) is 1. The summed E-state index contributed by atoms with van der Waals surface area (Å²) < 4.78 is 0. The van der Waals surface area contributed by atoms with Gasteiger partial charge in [0.2, 0.25) is 0 Å². The van der Waals surface area contributed by atoms with Gasteiger partial charge in [-0.25, -0.2) is 0 Å². The van der Waals surface area contributed by atoms with Crippen LogP contribution < -0.4 is 0 Å². The van der Waals surface area contributed by atoms with E-state index in [4.69, 9.17) is 0 Å². The molecule has 118 valence electrons. The predicted molar refractivity (Wildman–Crippen MR) is 95.1 cm³/mol. The molecule has 3 aromatic rings. The first-order valence-corrected chi connectivity index (χ1v) is 7.74. The molecule has 0 aliphatic heterocycles. The molecule has 0 spiro atoms. The number of carbonyl (C=O) groups is 2. The summed E-state index contributed by atoms with van der Waals surface area (Å²) in [5.41, 5.74) is 4.55. The Hall–Kier alpha value is -3.07. The Labute approximate surface area is 141 Å². The number of hydrogen-bond acceptors (Lipinski definition) is 3. The van der Waals surface area contributed by atoms with Crippen LogP contribution in [0.2, 0.25) is 0 Å². The van der Waals surface area contributed by atoms with E-state index in [1.165, 1.54) is 6.92 Å². The zero-order valence-electron chi connectivity index (χ0n) is 13.6. The van der Waals surface area contributed by atoms with Crippen LogP contribution in [0.4, 0.5) is 0 Å². The summed E-state index contributed by atoms with van der Waals surface area (Å²) in [7, 11) is 0. The van der Waals surface area contributed by atoms with Crippen LogP contribution in [-0.2, 0) is 0 Å². The highest BCUT2D eigenvalue weighted by Crippen LogP contribution is 2.31. The van der Waals surface area contributed by atoms with Gasteiger partial charge < -0.3 is 0 Å². The van der Waals surface area contributed by atoms with E-state index >= 15 is 0 Å². The molecule has 0 fully saturated rings. The van der Waals surface area contributed by atoms with Gasteiger partial charge >= 0.3 is 0 Å². The second-order valence-corrected chi connectivity index (χ2v) is 5.64. The molecular weight excluding hydrogens is 298 g/mol. The number of hydrogen-bond donors (Lipinski definition) is 0. The molecular formula is C21H17NO2. The molecule has 0 saturated heterocycles. The van der Waals surface area contributed by atoms with Crippen molar-refractivity contribution in [1.29, 1.82) is 0 Å².